The van der Waals surface area contributed by atoms with Crippen LogP contribution in [0, 0.1) is 0 Å². The molecule has 0 heterocycles. The lowest BCUT2D eigenvalue weighted by molar-refractivity contribution is -0.139. The first kappa shape index (κ1) is 15.3. The number of benzene rings is 2. The molecule has 0 aliphatic carbocycles. The lowest BCUT2D eigenvalue weighted by Crippen LogP contribution is -2.10. The van der Waals surface area contributed by atoms with E-state index in [2.05, 4.69) is 0 Å². The van der Waals surface area contributed by atoms with Crippen molar-refractivity contribution in [2.45, 2.75) is 9.79 Å². The molecule has 110 valence electrons. The number of hydrogen-bond acceptors (Lipinski definition) is 4. The van der Waals surface area contributed by atoms with Gasteiger partial charge in [0, 0.05) is 5.02 Å². The third-order valence-corrected chi connectivity index (χ3v) is 4.54. The molecular formula is C14H11ClO5S. The Hall–Kier alpha value is -2.05. The van der Waals surface area contributed by atoms with Gasteiger partial charge in [-0.1, -0.05) is 29.8 Å². The molecule has 0 spiro atoms. The SMILES string of the molecule is O=C(O)COc1cc(Cl)cc(S(=O)(=O)c2ccccc2)c1. The van der Waals surface area contributed by atoms with E-state index in [9.17, 15) is 13.2 Å². The van der Waals surface area contributed by atoms with Gasteiger partial charge in [-0.25, -0.2) is 13.2 Å². The van der Waals surface area contributed by atoms with Crippen LogP contribution in [0.1, 0.15) is 0 Å². The van der Waals surface area contributed by atoms with Gasteiger partial charge < -0.3 is 9.84 Å². The third-order valence-electron chi connectivity index (χ3n) is 2.57. The number of aliphatic carboxylic acids is 1. The Morgan fingerprint density at radius 3 is 2.38 bits per heavy atom. The molecule has 0 radical (unpaired) electrons. The predicted molar refractivity (Wildman–Crippen MR) is 76.5 cm³/mol. The predicted octanol–water partition coefficient (Wildman–Crippen LogP) is 2.64. The molecule has 0 aliphatic rings. The Balaban J connectivity index is 2.42. The van der Waals surface area contributed by atoms with E-state index in [1.54, 1.807) is 18.2 Å². The van der Waals surface area contributed by atoms with Gasteiger partial charge >= 0.3 is 5.97 Å². The first-order valence-corrected chi connectivity index (χ1v) is 7.71. The number of hydrogen-bond donors (Lipinski definition) is 1. The molecule has 2 rings (SSSR count). The van der Waals surface area contributed by atoms with Gasteiger partial charge in [-0.05, 0) is 30.3 Å². The molecular weight excluding hydrogens is 316 g/mol. The minimum atomic E-state index is -3.73. The molecule has 7 heteroatoms. The fourth-order valence-electron chi connectivity index (χ4n) is 1.66. The van der Waals surface area contributed by atoms with E-state index in [-0.39, 0.29) is 20.6 Å². The number of rotatable bonds is 5. The van der Waals surface area contributed by atoms with Gasteiger partial charge in [0.25, 0.3) is 0 Å². The Kier molecular flexibility index (Phi) is 4.50. The van der Waals surface area contributed by atoms with Crippen molar-refractivity contribution in [2.75, 3.05) is 6.61 Å². The van der Waals surface area contributed by atoms with Gasteiger partial charge in [-0.15, -0.1) is 0 Å². The van der Waals surface area contributed by atoms with Gasteiger partial charge in [-0.3, -0.25) is 0 Å². The van der Waals surface area contributed by atoms with E-state index in [0.717, 1.165) is 0 Å². The van der Waals surface area contributed by atoms with Crippen LogP contribution < -0.4 is 4.74 Å². The zero-order valence-corrected chi connectivity index (χ0v) is 12.3. The molecule has 0 fully saturated rings. The lowest BCUT2D eigenvalue weighted by atomic mass is 10.3. The zero-order valence-electron chi connectivity index (χ0n) is 10.7. The highest BCUT2D eigenvalue weighted by Gasteiger charge is 2.19. The van der Waals surface area contributed by atoms with Gasteiger partial charge in [0.05, 0.1) is 9.79 Å². The maximum absolute atomic E-state index is 12.4. The Morgan fingerprint density at radius 1 is 1.10 bits per heavy atom. The Bertz CT molecular complexity index is 756. The van der Waals surface area contributed by atoms with E-state index in [0.29, 0.717) is 0 Å². The summed E-state index contributed by atoms with van der Waals surface area (Å²) in [6, 6.07) is 11.8. The van der Waals surface area contributed by atoms with Gasteiger partial charge in [0.1, 0.15) is 5.75 Å². The summed E-state index contributed by atoms with van der Waals surface area (Å²) in [5.41, 5.74) is 0. The molecule has 0 aromatic heterocycles. The van der Waals surface area contributed by atoms with Crippen molar-refractivity contribution in [1.29, 1.82) is 0 Å². The van der Waals surface area contributed by atoms with Crippen LogP contribution in [0.4, 0.5) is 0 Å². The summed E-state index contributed by atoms with van der Waals surface area (Å²) in [6.07, 6.45) is 0. The molecule has 21 heavy (non-hydrogen) atoms. The van der Waals surface area contributed by atoms with E-state index in [4.69, 9.17) is 21.4 Å². The smallest absolute Gasteiger partial charge is 0.341 e. The first-order chi connectivity index (χ1) is 9.89. The molecule has 0 amide bonds. The number of carbonyl (C=O) groups is 1. The standard InChI is InChI=1S/C14H11ClO5S/c15-10-6-11(20-9-14(16)17)8-13(7-10)21(18,19)12-4-2-1-3-5-12/h1-8H,9H2,(H,16,17). The molecule has 0 unspecified atom stereocenters. The molecule has 5 nitrogen and oxygen atoms in total. The second-order valence-corrected chi connectivity index (χ2v) is 6.51. The van der Waals surface area contributed by atoms with Crippen molar-refractivity contribution in [1.82, 2.24) is 0 Å². The Labute approximate surface area is 126 Å². The summed E-state index contributed by atoms with van der Waals surface area (Å²) >= 11 is 5.87. The van der Waals surface area contributed by atoms with E-state index in [1.807, 2.05) is 0 Å². The van der Waals surface area contributed by atoms with Crippen molar-refractivity contribution in [2.24, 2.45) is 0 Å². The van der Waals surface area contributed by atoms with Crippen molar-refractivity contribution in [3.63, 3.8) is 0 Å². The van der Waals surface area contributed by atoms with Crippen LogP contribution in [-0.4, -0.2) is 26.1 Å². The van der Waals surface area contributed by atoms with E-state index >= 15 is 0 Å². The summed E-state index contributed by atoms with van der Waals surface area (Å²) in [5.74, 6) is -1.08. The largest absolute Gasteiger partial charge is 0.482 e. The molecule has 2 aromatic rings. The lowest BCUT2D eigenvalue weighted by Gasteiger charge is -2.08. The molecule has 0 atom stereocenters. The summed E-state index contributed by atoms with van der Waals surface area (Å²) in [5, 5.41) is 8.72. The fourth-order valence-corrected chi connectivity index (χ4v) is 3.29. The Morgan fingerprint density at radius 2 is 1.76 bits per heavy atom. The monoisotopic (exact) mass is 326 g/mol. The average Bonchev–Trinajstić information content (AvgIpc) is 2.45. The highest BCUT2D eigenvalue weighted by Crippen LogP contribution is 2.28. The zero-order chi connectivity index (χ0) is 15.5. The number of carboxylic acids is 1. The molecule has 0 bridgehead atoms. The summed E-state index contributed by atoms with van der Waals surface area (Å²) < 4.78 is 29.9. The van der Waals surface area contributed by atoms with Crippen LogP contribution >= 0.6 is 11.6 Å². The summed E-state index contributed by atoms with van der Waals surface area (Å²) in [7, 11) is -3.73. The van der Waals surface area contributed by atoms with Crippen molar-refractivity contribution in [3.8, 4) is 5.75 Å². The molecule has 0 saturated carbocycles. The molecule has 0 saturated heterocycles. The van der Waals surface area contributed by atoms with Gasteiger partial charge in [-0.2, -0.15) is 0 Å². The molecule has 0 aliphatic heterocycles. The van der Waals surface area contributed by atoms with Crippen molar-refractivity contribution < 1.29 is 23.1 Å². The molecule has 2 aromatic carbocycles. The maximum atomic E-state index is 12.4. The van der Waals surface area contributed by atoms with Crippen LogP contribution in [0.5, 0.6) is 5.75 Å². The second-order valence-electron chi connectivity index (χ2n) is 4.12. The fraction of sp³-hybridized carbons (Fsp3) is 0.0714. The van der Waals surface area contributed by atoms with Crippen LogP contribution in [0.2, 0.25) is 5.02 Å². The number of carboxylic acid groups (broad SMARTS) is 1. The van der Waals surface area contributed by atoms with Crippen LogP contribution in [0.3, 0.4) is 0 Å². The van der Waals surface area contributed by atoms with Gasteiger partial charge in [0.15, 0.2) is 6.61 Å². The maximum Gasteiger partial charge on any atom is 0.341 e. The molecule has 1 N–H and O–H groups in total. The van der Waals surface area contributed by atoms with Crippen LogP contribution in [0.25, 0.3) is 0 Å². The average molecular weight is 327 g/mol. The summed E-state index contributed by atoms with van der Waals surface area (Å²) in [4.78, 5) is 10.6. The minimum Gasteiger partial charge on any atom is -0.482 e. The normalized spacial score (nSPS) is 11.1. The minimum absolute atomic E-state index is 0.0541. The second kappa shape index (κ2) is 6.15. The van der Waals surface area contributed by atoms with Crippen LogP contribution in [0.15, 0.2) is 58.3 Å². The van der Waals surface area contributed by atoms with E-state index in [1.165, 1.54) is 30.3 Å². The van der Waals surface area contributed by atoms with E-state index < -0.39 is 22.4 Å². The van der Waals surface area contributed by atoms with Crippen molar-refractivity contribution >= 4 is 27.4 Å². The summed E-state index contributed by atoms with van der Waals surface area (Å²) in [6.45, 7) is -0.578. The van der Waals surface area contributed by atoms with Crippen LogP contribution in [-0.2, 0) is 14.6 Å². The topological polar surface area (TPSA) is 80.7 Å². The number of sulfone groups is 1. The number of ether oxygens (including phenoxy) is 1. The first-order valence-electron chi connectivity index (χ1n) is 5.85. The van der Waals surface area contributed by atoms with Crippen molar-refractivity contribution in [3.05, 3.63) is 53.6 Å². The van der Waals surface area contributed by atoms with Gasteiger partial charge in [0.2, 0.25) is 9.84 Å². The third kappa shape index (κ3) is 3.74. The quantitative estimate of drug-likeness (QED) is 0.913. The number of halogens is 1. The highest BCUT2D eigenvalue weighted by molar-refractivity contribution is 7.91. The highest BCUT2D eigenvalue weighted by atomic mass is 35.5.